The molecule has 2 aliphatic rings. The van der Waals surface area contributed by atoms with Gasteiger partial charge < -0.3 is 0 Å². The van der Waals surface area contributed by atoms with Crippen molar-refractivity contribution in [3.05, 3.63) is 45.8 Å². The van der Waals surface area contributed by atoms with Gasteiger partial charge in [-0.1, -0.05) is 23.3 Å². The highest BCUT2D eigenvalue weighted by atomic mass is 19.4. The molecule has 0 spiro atoms. The first-order valence-electron chi connectivity index (χ1n) is 7.40. The Balaban J connectivity index is 1.67. The molecule has 1 heterocycles. The van der Waals surface area contributed by atoms with Gasteiger partial charge in [0.1, 0.15) is 0 Å². The molecule has 22 heavy (non-hydrogen) atoms. The van der Waals surface area contributed by atoms with Gasteiger partial charge in [-0.3, -0.25) is 4.90 Å². The Morgan fingerprint density at radius 1 is 1.27 bits per heavy atom. The van der Waals surface area contributed by atoms with E-state index in [1.54, 1.807) is 6.07 Å². The molecule has 3 atom stereocenters. The minimum atomic E-state index is -4.30. The third-order valence-electron chi connectivity index (χ3n) is 4.76. The van der Waals surface area contributed by atoms with Crippen molar-refractivity contribution < 1.29 is 13.2 Å². The van der Waals surface area contributed by atoms with Crippen LogP contribution in [-0.4, -0.2) is 24.0 Å². The van der Waals surface area contributed by atoms with Crippen molar-refractivity contribution in [1.82, 2.24) is 4.90 Å². The maximum atomic E-state index is 12.7. The Bertz CT molecular complexity index is 595. The standard InChI is InChI=1S/C15H17F3N4/c16-15(17,18)12-3-1-2-10(6-12)7-22-8-11-4-5-14(20-21-19)13(11)9-22/h1-3,6,11,13-14H,4-5,7-9H2/t11-,13+,14+/m0/s1. The van der Waals surface area contributed by atoms with E-state index in [1.165, 1.54) is 12.1 Å². The van der Waals surface area contributed by atoms with Crippen LogP contribution in [0.1, 0.15) is 24.0 Å². The smallest absolute Gasteiger partial charge is 0.299 e. The van der Waals surface area contributed by atoms with Gasteiger partial charge >= 0.3 is 6.18 Å². The number of hydrogen-bond acceptors (Lipinski definition) is 2. The quantitative estimate of drug-likeness (QED) is 0.468. The van der Waals surface area contributed by atoms with Crippen molar-refractivity contribution in [3.8, 4) is 0 Å². The summed E-state index contributed by atoms with van der Waals surface area (Å²) in [5, 5.41) is 3.86. The van der Waals surface area contributed by atoms with Crippen LogP contribution in [-0.2, 0) is 12.7 Å². The first-order valence-corrected chi connectivity index (χ1v) is 7.40. The highest BCUT2D eigenvalue weighted by Gasteiger charge is 2.42. The Hall–Kier alpha value is -1.72. The van der Waals surface area contributed by atoms with Crippen molar-refractivity contribution in [2.45, 2.75) is 31.6 Å². The molecule has 4 nitrogen and oxygen atoms in total. The molecule has 1 saturated heterocycles. The monoisotopic (exact) mass is 310 g/mol. The van der Waals surface area contributed by atoms with E-state index >= 15 is 0 Å². The van der Waals surface area contributed by atoms with Crippen LogP contribution in [0.25, 0.3) is 10.4 Å². The highest BCUT2D eigenvalue weighted by Crippen LogP contribution is 2.40. The van der Waals surface area contributed by atoms with Crippen LogP contribution >= 0.6 is 0 Å². The lowest BCUT2D eigenvalue weighted by molar-refractivity contribution is -0.137. The Kier molecular flexibility index (Phi) is 4.02. The predicted molar refractivity (Wildman–Crippen MR) is 75.9 cm³/mol. The van der Waals surface area contributed by atoms with Crippen LogP contribution in [0.5, 0.6) is 0 Å². The fourth-order valence-electron chi connectivity index (χ4n) is 3.77. The fraction of sp³-hybridized carbons (Fsp3) is 0.600. The van der Waals surface area contributed by atoms with Crippen molar-refractivity contribution in [2.75, 3.05) is 13.1 Å². The molecule has 0 unspecified atom stereocenters. The number of benzene rings is 1. The van der Waals surface area contributed by atoms with Gasteiger partial charge in [0, 0.05) is 30.6 Å². The van der Waals surface area contributed by atoms with Crippen molar-refractivity contribution >= 4 is 0 Å². The van der Waals surface area contributed by atoms with Gasteiger partial charge in [0.15, 0.2) is 0 Å². The van der Waals surface area contributed by atoms with E-state index in [0.29, 0.717) is 23.9 Å². The second-order valence-electron chi connectivity index (χ2n) is 6.17. The minimum absolute atomic E-state index is 0.0431. The SMILES string of the molecule is [N-]=[N+]=N[C@@H]1CC[C@H]2CN(Cc3cccc(C(F)(F)F)c3)C[C@H]21. The molecule has 0 radical (unpaired) electrons. The van der Waals surface area contributed by atoms with Crippen molar-refractivity contribution in [3.63, 3.8) is 0 Å². The Morgan fingerprint density at radius 3 is 2.82 bits per heavy atom. The van der Waals surface area contributed by atoms with Crippen LogP contribution in [0.4, 0.5) is 13.2 Å². The second kappa shape index (κ2) is 5.82. The first-order chi connectivity index (χ1) is 10.5. The van der Waals surface area contributed by atoms with E-state index in [0.717, 1.165) is 32.0 Å². The molecule has 0 N–H and O–H groups in total. The molecular weight excluding hydrogens is 293 g/mol. The molecule has 118 valence electrons. The number of fused-ring (bicyclic) bond motifs is 1. The lowest BCUT2D eigenvalue weighted by atomic mass is 9.98. The average Bonchev–Trinajstić information content (AvgIpc) is 3.00. The predicted octanol–water partition coefficient (Wildman–Crippen LogP) is 4.23. The highest BCUT2D eigenvalue weighted by molar-refractivity contribution is 5.25. The van der Waals surface area contributed by atoms with Gasteiger partial charge in [-0.15, -0.1) is 0 Å². The Morgan fingerprint density at radius 2 is 2.09 bits per heavy atom. The van der Waals surface area contributed by atoms with Gasteiger partial charge in [0.25, 0.3) is 0 Å². The summed E-state index contributed by atoms with van der Waals surface area (Å²) in [5.74, 6) is 0.850. The number of azide groups is 1. The molecule has 0 bridgehead atoms. The van der Waals surface area contributed by atoms with E-state index < -0.39 is 11.7 Å². The molecule has 7 heteroatoms. The van der Waals surface area contributed by atoms with E-state index in [4.69, 9.17) is 5.53 Å². The largest absolute Gasteiger partial charge is 0.416 e. The van der Waals surface area contributed by atoms with Crippen LogP contribution in [0, 0.1) is 11.8 Å². The van der Waals surface area contributed by atoms with E-state index in [1.807, 2.05) is 0 Å². The average molecular weight is 310 g/mol. The van der Waals surface area contributed by atoms with Crippen LogP contribution in [0.15, 0.2) is 29.4 Å². The summed E-state index contributed by atoms with van der Waals surface area (Å²) in [6, 6.07) is 5.55. The maximum absolute atomic E-state index is 12.7. The minimum Gasteiger partial charge on any atom is -0.299 e. The lowest BCUT2D eigenvalue weighted by Crippen LogP contribution is -2.24. The molecule has 1 aliphatic heterocycles. The summed E-state index contributed by atoms with van der Waals surface area (Å²) in [6.07, 6.45) is -2.34. The molecule has 3 rings (SSSR count). The number of likely N-dealkylation sites (tertiary alicyclic amines) is 1. The summed E-state index contributed by atoms with van der Waals surface area (Å²) in [6.45, 7) is 2.18. The molecule has 1 aliphatic carbocycles. The van der Waals surface area contributed by atoms with E-state index in [-0.39, 0.29) is 6.04 Å². The molecular formula is C15H17F3N4. The van der Waals surface area contributed by atoms with Crippen molar-refractivity contribution in [2.24, 2.45) is 17.0 Å². The van der Waals surface area contributed by atoms with Crippen molar-refractivity contribution in [1.29, 1.82) is 0 Å². The molecule has 0 aromatic heterocycles. The number of rotatable bonds is 3. The zero-order valence-electron chi connectivity index (χ0n) is 12.0. The summed E-state index contributed by atoms with van der Waals surface area (Å²) in [4.78, 5) is 5.08. The lowest BCUT2D eigenvalue weighted by Gasteiger charge is -2.19. The van der Waals surface area contributed by atoms with Gasteiger partial charge in [0.2, 0.25) is 0 Å². The topological polar surface area (TPSA) is 52.0 Å². The third kappa shape index (κ3) is 3.05. The molecule has 1 aromatic rings. The number of alkyl halides is 3. The van der Waals surface area contributed by atoms with Gasteiger partial charge in [-0.2, -0.15) is 13.2 Å². The second-order valence-corrected chi connectivity index (χ2v) is 6.17. The summed E-state index contributed by atoms with van der Waals surface area (Å²) >= 11 is 0. The third-order valence-corrected chi connectivity index (χ3v) is 4.76. The van der Waals surface area contributed by atoms with Gasteiger partial charge in [-0.25, -0.2) is 0 Å². The van der Waals surface area contributed by atoms with Crippen LogP contribution in [0.3, 0.4) is 0 Å². The molecule has 1 aromatic carbocycles. The molecule has 1 saturated carbocycles. The van der Waals surface area contributed by atoms with E-state index in [9.17, 15) is 13.2 Å². The van der Waals surface area contributed by atoms with Gasteiger partial charge in [0.05, 0.1) is 5.56 Å². The first kappa shape index (κ1) is 15.2. The molecule has 0 amide bonds. The summed E-state index contributed by atoms with van der Waals surface area (Å²) < 4.78 is 38.2. The zero-order valence-corrected chi connectivity index (χ0v) is 12.0. The number of halogens is 3. The van der Waals surface area contributed by atoms with E-state index in [2.05, 4.69) is 14.9 Å². The Labute approximate surface area is 126 Å². The normalized spacial score (nSPS) is 28.4. The zero-order chi connectivity index (χ0) is 15.7. The summed E-state index contributed by atoms with van der Waals surface area (Å²) in [5.41, 5.74) is 8.67. The van der Waals surface area contributed by atoms with Gasteiger partial charge in [-0.05, 0) is 41.8 Å². The fourth-order valence-corrected chi connectivity index (χ4v) is 3.77. The number of hydrogen-bond donors (Lipinski definition) is 0. The van der Waals surface area contributed by atoms with Crippen LogP contribution < -0.4 is 0 Å². The molecule has 2 fully saturated rings. The van der Waals surface area contributed by atoms with Crippen LogP contribution in [0.2, 0.25) is 0 Å². The number of nitrogens with zero attached hydrogens (tertiary/aromatic N) is 4. The summed E-state index contributed by atoms with van der Waals surface area (Å²) in [7, 11) is 0. The maximum Gasteiger partial charge on any atom is 0.416 e.